The fourth-order valence-corrected chi connectivity index (χ4v) is 2.79. The van der Waals surface area contributed by atoms with Crippen molar-refractivity contribution < 1.29 is 14.3 Å². The normalized spacial score (nSPS) is 18.5. The van der Waals surface area contributed by atoms with Gasteiger partial charge < -0.3 is 20.5 Å². The zero-order chi connectivity index (χ0) is 19.2. The van der Waals surface area contributed by atoms with Gasteiger partial charge in [0.05, 0.1) is 25.0 Å². The van der Waals surface area contributed by atoms with Crippen molar-refractivity contribution in [2.24, 2.45) is 10.7 Å². The van der Waals surface area contributed by atoms with E-state index >= 15 is 0 Å². The number of ether oxygens (including phenoxy) is 2. The summed E-state index contributed by atoms with van der Waals surface area (Å²) in [6, 6.07) is 8.04. The maximum Gasteiger partial charge on any atom is 0.282 e. The summed E-state index contributed by atoms with van der Waals surface area (Å²) in [6.45, 7) is 4.33. The third kappa shape index (κ3) is 4.93. The van der Waals surface area contributed by atoms with Crippen LogP contribution < -0.4 is 15.8 Å². The number of anilines is 1. The van der Waals surface area contributed by atoms with Crippen molar-refractivity contribution in [2.45, 2.75) is 38.8 Å². The Morgan fingerprint density at radius 3 is 2.63 bits per heavy atom. The highest BCUT2D eigenvalue weighted by Gasteiger charge is 2.25. The second-order valence-corrected chi connectivity index (χ2v) is 6.22. The van der Waals surface area contributed by atoms with Gasteiger partial charge in [-0.1, -0.05) is 12.1 Å². The Morgan fingerprint density at radius 2 is 2.04 bits per heavy atom. The van der Waals surface area contributed by atoms with Gasteiger partial charge in [-0.2, -0.15) is 0 Å². The van der Waals surface area contributed by atoms with Gasteiger partial charge in [-0.15, -0.1) is 0 Å². The molecule has 0 saturated heterocycles. The zero-order valence-corrected chi connectivity index (χ0v) is 15.4. The van der Waals surface area contributed by atoms with Crippen LogP contribution in [0.4, 0.5) is 5.69 Å². The van der Waals surface area contributed by atoms with Crippen molar-refractivity contribution in [3.8, 4) is 5.88 Å². The van der Waals surface area contributed by atoms with E-state index in [2.05, 4.69) is 20.3 Å². The molecule has 3 rings (SSSR count). The van der Waals surface area contributed by atoms with Gasteiger partial charge in [-0.05, 0) is 44.4 Å². The summed E-state index contributed by atoms with van der Waals surface area (Å²) < 4.78 is 10.6. The molecule has 0 aliphatic carbocycles. The van der Waals surface area contributed by atoms with E-state index in [1.807, 2.05) is 38.1 Å². The predicted octanol–water partition coefficient (Wildman–Crippen LogP) is 2.16. The molecule has 0 radical (unpaired) electrons. The number of rotatable bonds is 7. The van der Waals surface area contributed by atoms with Crippen LogP contribution >= 0.6 is 0 Å². The molecule has 8 heteroatoms. The second kappa shape index (κ2) is 8.48. The number of benzene rings is 1. The number of aromatic nitrogens is 2. The van der Waals surface area contributed by atoms with Crippen LogP contribution in [0.2, 0.25) is 0 Å². The van der Waals surface area contributed by atoms with Crippen molar-refractivity contribution in [2.75, 3.05) is 11.9 Å². The molecule has 1 aromatic carbocycles. The average Bonchev–Trinajstić information content (AvgIpc) is 2.99. The lowest BCUT2D eigenvalue weighted by Gasteiger charge is -2.12. The van der Waals surface area contributed by atoms with Gasteiger partial charge >= 0.3 is 0 Å². The molecule has 0 saturated carbocycles. The molecule has 2 aromatic rings. The predicted molar refractivity (Wildman–Crippen MR) is 102 cm³/mol. The molecule has 0 fully saturated rings. The summed E-state index contributed by atoms with van der Waals surface area (Å²) in [5, 5.41) is 2.81. The molecule has 8 nitrogen and oxygen atoms in total. The monoisotopic (exact) mass is 369 g/mol. The van der Waals surface area contributed by atoms with Crippen LogP contribution in [0.5, 0.6) is 5.88 Å². The van der Waals surface area contributed by atoms with E-state index < -0.39 is 0 Å². The molecule has 0 spiro atoms. The van der Waals surface area contributed by atoms with Gasteiger partial charge in [0, 0.05) is 5.69 Å². The van der Waals surface area contributed by atoms with Crippen molar-refractivity contribution in [1.29, 1.82) is 0 Å². The lowest BCUT2D eigenvalue weighted by molar-refractivity contribution is 0.102. The van der Waals surface area contributed by atoms with E-state index in [4.69, 9.17) is 15.2 Å². The van der Waals surface area contributed by atoms with Gasteiger partial charge in [0.1, 0.15) is 11.8 Å². The highest BCUT2D eigenvalue weighted by Crippen LogP contribution is 2.19. The van der Waals surface area contributed by atoms with E-state index in [9.17, 15) is 4.79 Å². The molecule has 1 aromatic heterocycles. The number of carbonyl (C=O) groups is 1. The third-order valence-corrected chi connectivity index (χ3v) is 4.24. The molecule has 27 heavy (non-hydrogen) atoms. The topological polar surface area (TPSA) is 112 Å². The molecule has 1 amide bonds. The fraction of sp³-hybridized carbons (Fsp3) is 0.368. The average molecular weight is 369 g/mol. The quantitative estimate of drug-likeness (QED) is 0.773. The van der Waals surface area contributed by atoms with Crippen LogP contribution in [-0.4, -0.2) is 40.6 Å². The summed E-state index contributed by atoms with van der Waals surface area (Å²) in [7, 11) is 0. The number of carbonyl (C=O) groups excluding carboxylic acids is 1. The number of hydrogen-bond donors (Lipinski definition) is 2. The Morgan fingerprint density at radius 1 is 1.26 bits per heavy atom. The number of aryl methyl sites for hydroxylation is 1. The lowest BCUT2D eigenvalue weighted by Crippen LogP contribution is -2.20. The molecule has 2 heterocycles. The minimum atomic E-state index is -0.319. The minimum absolute atomic E-state index is 0.0128. The summed E-state index contributed by atoms with van der Waals surface area (Å²) in [4.78, 5) is 24.6. The van der Waals surface area contributed by atoms with Crippen molar-refractivity contribution in [3.63, 3.8) is 0 Å². The molecule has 2 unspecified atom stereocenters. The molecule has 2 atom stereocenters. The van der Waals surface area contributed by atoms with E-state index in [0.717, 1.165) is 18.4 Å². The molecule has 1 aliphatic rings. The standard InChI is InChI=1S/C19H23N5O3/c1-3-26-17-11-21-16(10-22-17)18(25)23-14-7-4-13(5-8-14)6-9-15-12(2)27-19(20)24-15/h4-5,7-8,10-12,15H,3,6,9H2,1-2H3,(H2,20,24)(H,23,25). The van der Waals surface area contributed by atoms with Gasteiger partial charge in [0.2, 0.25) is 5.88 Å². The number of aliphatic imine (C=N–C) groups is 1. The summed E-state index contributed by atoms with van der Waals surface area (Å²) >= 11 is 0. The van der Waals surface area contributed by atoms with Crippen LogP contribution in [0.25, 0.3) is 0 Å². The van der Waals surface area contributed by atoms with Crippen molar-refractivity contribution in [1.82, 2.24) is 9.97 Å². The summed E-state index contributed by atoms with van der Waals surface area (Å²) in [6.07, 6.45) is 4.55. The maximum absolute atomic E-state index is 12.2. The molecule has 0 bridgehead atoms. The first-order chi connectivity index (χ1) is 13.0. The largest absolute Gasteiger partial charge is 0.477 e. The number of nitrogens with two attached hydrogens (primary N) is 1. The Bertz CT molecular complexity index is 805. The van der Waals surface area contributed by atoms with Crippen molar-refractivity contribution >= 4 is 17.6 Å². The second-order valence-electron chi connectivity index (χ2n) is 6.22. The highest BCUT2D eigenvalue weighted by atomic mass is 16.5. The highest BCUT2D eigenvalue weighted by molar-refractivity contribution is 6.02. The molecule has 3 N–H and O–H groups in total. The van der Waals surface area contributed by atoms with Crippen LogP contribution in [0, 0.1) is 0 Å². The van der Waals surface area contributed by atoms with Crippen LogP contribution in [0.15, 0.2) is 41.7 Å². The maximum atomic E-state index is 12.2. The molecular formula is C19H23N5O3. The SMILES string of the molecule is CCOc1cnc(C(=O)Nc2ccc(CCC3N=C(N)OC3C)cc2)cn1. The van der Waals surface area contributed by atoms with Crippen LogP contribution in [0.3, 0.4) is 0 Å². The fourth-order valence-electron chi connectivity index (χ4n) is 2.79. The number of nitrogens with zero attached hydrogens (tertiary/aromatic N) is 3. The van der Waals surface area contributed by atoms with Gasteiger partial charge in [-0.25, -0.2) is 15.0 Å². The van der Waals surface area contributed by atoms with E-state index in [1.165, 1.54) is 12.4 Å². The van der Waals surface area contributed by atoms with Gasteiger partial charge in [0.25, 0.3) is 11.9 Å². The first kappa shape index (κ1) is 18.6. The Hall–Kier alpha value is -3.16. The van der Waals surface area contributed by atoms with Crippen LogP contribution in [0.1, 0.15) is 36.3 Å². The zero-order valence-electron chi connectivity index (χ0n) is 15.4. The third-order valence-electron chi connectivity index (χ3n) is 4.24. The Kier molecular flexibility index (Phi) is 5.85. The molecule has 1 aliphatic heterocycles. The van der Waals surface area contributed by atoms with E-state index in [-0.39, 0.29) is 29.8 Å². The Labute approximate surface area is 157 Å². The first-order valence-electron chi connectivity index (χ1n) is 8.90. The van der Waals surface area contributed by atoms with Gasteiger partial charge in [-0.3, -0.25) is 4.79 Å². The van der Waals surface area contributed by atoms with E-state index in [0.29, 0.717) is 18.2 Å². The van der Waals surface area contributed by atoms with Gasteiger partial charge in [0.15, 0.2) is 0 Å². The van der Waals surface area contributed by atoms with Crippen molar-refractivity contribution in [3.05, 3.63) is 47.9 Å². The summed E-state index contributed by atoms with van der Waals surface area (Å²) in [5.74, 6) is 0.0755. The number of hydrogen-bond acceptors (Lipinski definition) is 7. The molecular weight excluding hydrogens is 346 g/mol. The van der Waals surface area contributed by atoms with E-state index in [1.54, 1.807) is 0 Å². The summed E-state index contributed by atoms with van der Waals surface area (Å²) in [5.41, 5.74) is 7.67. The smallest absolute Gasteiger partial charge is 0.282 e. The number of nitrogens with one attached hydrogen (secondary N) is 1. The number of amides is 1. The number of amidine groups is 1. The molecule has 142 valence electrons. The minimum Gasteiger partial charge on any atom is -0.477 e. The van der Waals surface area contributed by atoms with Crippen LogP contribution in [-0.2, 0) is 11.2 Å². The first-order valence-corrected chi connectivity index (χ1v) is 8.90. The Balaban J connectivity index is 1.53. The lowest BCUT2D eigenvalue weighted by atomic mass is 10.0.